The molecule has 0 aliphatic heterocycles. The Labute approximate surface area is 118 Å². The number of carbonyl (C=O) groups excluding carboxylic acids is 1. The van der Waals surface area contributed by atoms with E-state index in [1.807, 2.05) is 31.5 Å². The van der Waals surface area contributed by atoms with Crippen LogP contribution in [0.4, 0.5) is 5.69 Å². The lowest BCUT2D eigenvalue weighted by Crippen LogP contribution is -2.23. The van der Waals surface area contributed by atoms with Crippen molar-refractivity contribution in [1.29, 1.82) is 0 Å². The van der Waals surface area contributed by atoms with Gasteiger partial charge in [-0.05, 0) is 51.0 Å². The van der Waals surface area contributed by atoms with E-state index in [0.717, 1.165) is 17.2 Å². The van der Waals surface area contributed by atoms with E-state index in [9.17, 15) is 4.79 Å². The standard InChI is InChI=1S/C16H19N3O/c1-11(12(2)20)18-14-5-7-15(8-6-14)19-10-9-17-16(19)13-3-4-13/h5-11,13,18H,3-4H2,1-2H3. The molecule has 1 atom stereocenters. The Morgan fingerprint density at radius 1 is 1.35 bits per heavy atom. The average molecular weight is 269 g/mol. The lowest BCUT2D eigenvalue weighted by atomic mass is 10.2. The van der Waals surface area contributed by atoms with Crippen molar-refractivity contribution >= 4 is 11.5 Å². The summed E-state index contributed by atoms with van der Waals surface area (Å²) < 4.78 is 2.15. The van der Waals surface area contributed by atoms with E-state index in [0.29, 0.717) is 5.92 Å². The first-order valence-corrected chi connectivity index (χ1v) is 7.06. The zero-order chi connectivity index (χ0) is 14.1. The molecule has 0 radical (unpaired) electrons. The zero-order valence-electron chi connectivity index (χ0n) is 11.8. The van der Waals surface area contributed by atoms with Gasteiger partial charge in [0, 0.05) is 29.7 Å². The Morgan fingerprint density at radius 2 is 2.05 bits per heavy atom. The third-order valence-corrected chi connectivity index (χ3v) is 3.75. The Hall–Kier alpha value is -2.10. The van der Waals surface area contributed by atoms with Crippen molar-refractivity contribution in [3.05, 3.63) is 42.5 Å². The quantitative estimate of drug-likeness (QED) is 0.907. The highest BCUT2D eigenvalue weighted by Crippen LogP contribution is 2.39. The number of hydrogen-bond acceptors (Lipinski definition) is 3. The fourth-order valence-corrected chi connectivity index (χ4v) is 2.25. The van der Waals surface area contributed by atoms with Crippen molar-refractivity contribution in [3.8, 4) is 5.69 Å². The van der Waals surface area contributed by atoms with E-state index in [4.69, 9.17) is 0 Å². The first kappa shape index (κ1) is 12.9. The number of carbonyl (C=O) groups is 1. The van der Waals surface area contributed by atoms with Crippen molar-refractivity contribution in [1.82, 2.24) is 9.55 Å². The van der Waals surface area contributed by atoms with E-state index in [2.05, 4.69) is 27.0 Å². The van der Waals surface area contributed by atoms with Crippen LogP contribution in [0.3, 0.4) is 0 Å². The van der Waals surface area contributed by atoms with Gasteiger partial charge in [-0.3, -0.25) is 4.79 Å². The van der Waals surface area contributed by atoms with E-state index < -0.39 is 0 Å². The van der Waals surface area contributed by atoms with Crippen LogP contribution in [0.1, 0.15) is 38.4 Å². The van der Waals surface area contributed by atoms with Gasteiger partial charge < -0.3 is 9.88 Å². The minimum absolute atomic E-state index is 0.139. The first-order chi connectivity index (χ1) is 9.65. The van der Waals surface area contributed by atoms with Gasteiger partial charge in [-0.25, -0.2) is 4.98 Å². The summed E-state index contributed by atoms with van der Waals surface area (Å²) in [6.45, 7) is 3.47. The van der Waals surface area contributed by atoms with Crippen LogP contribution in [-0.2, 0) is 4.79 Å². The molecule has 2 aromatic rings. The topological polar surface area (TPSA) is 46.9 Å². The number of hydrogen-bond donors (Lipinski definition) is 1. The van der Waals surface area contributed by atoms with Gasteiger partial charge in [0.25, 0.3) is 0 Å². The number of imidazole rings is 1. The second-order valence-electron chi connectivity index (χ2n) is 5.45. The lowest BCUT2D eigenvalue weighted by Gasteiger charge is -2.13. The lowest BCUT2D eigenvalue weighted by molar-refractivity contribution is -0.117. The molecule has 1 aliphatic carbocycles. The summed E-state index contributed by atoms with van der Waals surface area (Å²) in [5, 5.41) is 3.19. The van der Waals surface area contributed by atoms with Gasteiger partial charge in [-0.1, -0.05) is 0 Å². The van der Waals surface area contributed by atoms with Crippen LogP contribution >= 0.6 is 0 Å². The number of aromatic nitrogens is 2. The number of Topliss-reactive ketones (excluding diaryl/α,β-unsaturated/α-hetero) is 1. The molecule has 1 aliphatic rings. The van der Waals surface area contributed by atoms with Gasteiger partial charge >= 0.3 is 0 Å². The van der Waals surface area contributed by atoms with Crippen LogP contribution in [0.5, 0.6) is 0 Å². The molecule has 1 aromatic carbocycles. The second-order valence-corrected chi connectivity index (χ2v) is 5.45. The molecule has 1 aromatic heterocycles. The minimum Gasteiger partial charge on any atom is -0.376 e. The van der Waals surface area contributed by atoms with Gasteiger partial charge in [0.15, 0.2) is 5.78 Å². The largest absolute Gasteiger partial charge is 0.376 e. The molecular weight excluding hydrogens is 250 g/mol. The van der Waals surface area contributed by atoms with Crippen molar-refractivity contribution in [2.45, 2.75) is 38.6 Å². The molecule has 1 fully saturated rings. The molecule has 1 heterocycles. The molecule has 0 amide bonds. The van der Waals surface area contributed by atoms with Crippen LogP contribution in [-0.4, -0.2) is 21.4 Å². The molecule has 0 saturated heterocycles. The fourth-order valence-electron chi connectivity index (χ4n) is 2.25. The number of benzene rings is 1. The Kier molecular flexibility index (Phi) is 3.30. The van der Waals surface area contributed by atoms with Gasteiger partial charge in [-0.2, -0.15) is 0 Å². The third kappa shape index (κ3) is 2.59. The van der Waals surface area contributed by atoms with Gasteiger partial charge in [-0.15, -0.1) is 0 Å². The molecule has 0 spiro atoms. The number of anilines is 1. The van der Waals surface area contributed by atoms with Crippen molar-refractivity contribution in [2.75, 3.05) is 5.32 Å². The molecule has 4 heteroatoms. The number of ketones is 1. The molecule has 1 N–H and O–H groups in total. The summed E-state index contributed by atoms with van der Waals surface area (Å²) in [7, 11) is 0. The smallest absolute Gasteiger partial charge is 0.151 e. The maximum atomic E-state index is 11.3. The van der Waals surface area contributed by atoms with E-state index in [1.54, 1.807) is 6.92 Å². The molecule has 0 bridgehead atoms. The van der Waals surface area contributed by atoms with Gasteiger partial charge in [0.2, 0.25) is 0 Å². The van der Waals surface area contributed by atoms with Crippen molar-refractivity contribution < 1.29 is 4.79 Å². The number of nitrogens with one attached hydrogen (secondary N) is 1. The van der Waals surface area contributed by atoms with Crippen LogP contribution in [0.25, 0.3) is 5.69 Å². The summed E-state index contributed by atoms with van der Waals surface area (Å²) in [6.07, 6.45) is 6.35. The van der Waals surface area contributed by atoms with Crippen LogP contribution < -0.4 is 5.32 Å². The molecule has 20 heavy (non-hydrogen) atoms. The number of nitrogens with zero attached hydrogens (tertiary/aromatic N) is 2. The summed E-state index contributed by atoms with van der Waals surface area (Å²) in [5.74, 6) is 1.92. The maximum Gasteiger partial charge on any atom is 0.151 e. The van der Waals surface area contributed by atoms with Crippen molar-refractivity contribution in [3.63, 3.8) is 0 Å². The molecule has 1 unspecified atom stereocenters. The monoisotopic (exact) mass is 269 g/mol. The molecule has 3 rings (SSSR count). The SMILES string of the molecule is CC(=O)C(C)Nc1ccc(-n2ccnc2C2CC2)cc1. The van der Waals surface area contributed by atoms with E-state index in [-0.39, 0.29) is 11.8 Å². The predicted molar refractivity (Wildman–Crippen MR) is 79.3 cm³/mol. The van der Waals surface area contributed by atoms with Crippen LogP contribution in [0.2, 0.25) is 0 Å². The summed E-state index contributed by atoms with van der Waals surface area (Å²) >= 11 is 0. The number of rotatable bonds is 5. The summed E-state index contributed by atoms with van der Waals surface area (Å²) in [6, 6.07) is 7.97. The Balaban J connectivity index is 1.78. The maximum absolute atomic E-state index is 11.3. The molecular formula is C16H19N3O. The molecule has 4 nitrogen and oxygen atoms in total. The fraction of sp³-hybridized carbons (Fsp3) is 0.375. The Bertz CT molecular complexity index is 611. The molecule has 104 valence electrons. The highest BCUT2D eigenvalue weighted by atomic mass is 16.1. The second kappa shape index (κ2) is 5.12. The average Bonchev–Trinajstić information content (AvgIpc) is 3.17. The van der Waals surface area contributed by atoms with E-state index in [1.165, 1.54) is 12.8 Å². The van der Waals surface area contributed by atoms with Crippen molar-refractivity contribution in [2.24, 2.45) is 0 Å². The minimum atomic E-state index is -0.156. The highest BCUT2D eigenvalue weighted by molar-refractivity contribution is 5.83. The van der Waals surface area contributed by atoms with Crippen LogP contribution in [0.15, 0.2) is 36.7 Å². The summed E-state index contributed by atoms with van der Waals surface area (Å²) in [4.78, 5) is 15.7. The zero-order valence-corrected chi connectivity index (χ0v) is 11.8. The predicted octanol–water partition coefficient (Wildman–Crippen LogP) is 3.14. The van der Waals surface area contributed by atoms with E-state index >= 15 is 0 Å². The summed E-state index contributed by atoms with van der Waals surface area (Å²) in [5.41, 5.74) is 2.08. The molecule has 1 saturated carbocycles. The normalized spacial score (nSPS) is 15.9. The van der Waals surface area contributed by atoms with Gasteiger partial charge in [0.05, 0.1) is 6.04 Å². The highest BCUT2D eigenvalue weighted by Gasteiger charge is 2.28. The third-order valence-electron chi connectivity index (χ3n) is 3.75. The first-order valence-electron chi connectivity index (χ1n) is 7.06. The van der Waals surface area contributed by atoms with Gasteiger partial charge in [0.1, 0.15) is 5.82 Å². The van der Waals surface area contributed by atoms with Crippen LogP contribution in [0, 0.1) is 0 Å². The Morgan fingerprint density at radius 3 is 2.65 bits per heavy atom.